The Labute approximate surface area is 94.8 Å². The quantitative estimate of drug-likeness (QED) is 0.334. The van der Waals surface area contributed by atoms with Gasteiger partial charge in [0.05, 0.1) is 13.3 Å². The van der Waals surface area contributed by atoms with Gasteiger partial charge in [-0.2, -0.15) is 5.10 Å². The highest BCUT2D eigenvalue weighted by molar-refractivity contribution is 5.81. The Bertz CT molecular complexity index is 385. The van der Waals surface area contributed by atoms with Crippen LogP contribution in [-0.2, 0) is 9.53 Å². The predicted molar refractivity (Wildman–Crippen MR) is 63.0 cm³/mol. The maximum atomic E-state index is 10.8. The van der Waals surface area contributed by atoms with Crippen LogP contribution in [-0.4, -0.2) is 31.4 Å². The third-order valence-electron chi connectivity index (χ3n) is 1.82. The maximum Gasteiger partial charge on any atom is 0.332 e. The number of ether oxygens (including phenoxy) is 1. The molecular formula is C12H14N2O2. The van der Waals surface area contributed by atoms with E-state index in [4.69, 9.17) is 0 Å². The minimum atomic E-state index is -0.401. The number of hydrazone groups is 1. The van der Waals surface area contributed by atoms with Gasteiger partial charge in [0.25, 0.3) is 0 Å². The molecule has 0 saturated carbocycles. The minimum Gasteiger partial charge on any atom is -0.466 e. The average Bonchev–Trinajstić information content (AvgIpc) is 2.34. The van der Waals surface area contributed by atoms with E-state index in [1.165, 1.54) is 24.4 Å². The molecule has 0 aliphatic carbocycles. The monoisotopic (exact) mass is 218 g/mol. The Morgan fingerprint density at radius 2 is 2.06 bits per heavy atom. The third-order valence-corrected chi connectivity index (χ3v) is 1.82. The normalized spacial score (nSPS) is 10.9. The molecule has 0 radical (unpaired) electrons. The fourth-order valence-electron chi connectivity index (χ4n) is 0.972. The van der Waals surface area contributed by atoms with E-state index in [1.807, 2.05) is 30.3 Å². The molecule has 0 aromatic heterocycles. The number of rotatable bonds is 4. The molecule has 0 atom stereocenters. The molecule has 0 heterocycles. The van der Waals surface area contributed by atoms with Crippen LogP contribution >= 0.6 is 0 Å². The van der Waals surface area contributed by atoms with Crippen molar-refractivity contribution >= 4 is 12.2 Å². The van der Waals surface area contributed by atoms with Gasteiger partial charge in [-0.05, 0) is 5.56 Å². The summed E-state index contributed by atoms with van der Waals surface area (Å²) < 4.78 is 4.46. The van der Waals surface area contributed by atoms with Crippen molar-refractivity contribution in [2.45, 2.75) is 0 Å². The van der Waals surface area contributed by atoms with Gasteiger partial charge in [-0.1, -0.05) is 30.3 Å². The second-order valence-corrected chi connectivity index (χ2v) is 3.07. The van der Waals surface area contributed by atoms with E-state index in [0.717, 1.165) is 5.56 Å². The molecule has 4 heteroatoms. The SMILES string of the molecule is COC(=O)C=CN(C)N=Cc1ccccc1. The molecule has 0 aliphatic rings. The molecule has 1 aromatic rings. The molecule has 1 rings (SSSR count). The van der Waals surface area contributed by atoms with E-state index in [2.05, 4.69) is 9.84 Å². The van der Waals surface area contributed by atoms with E-state index >= 15 is 0 Å². The zero-order valence-corrected chi connectivity index (χ0v) is 9.33. The van der Waals surface area contributed by atoms with Crippen molar-refractivity contribution in [2.75, 3.05) is 14.2 Å². The number of carbonyl (C=O) groups is 1. The zero-order chi connectivity index (χ0) is 11.8. The van der Waals surface area contributed by atoms with Crippen LogP contribution in [0.3, 0.4) is 0 Å². The molecule has 0 amide bonds. The first-order chi connectivity index (χ1) is 7.72. The highest BCUT2D eigenvalue weighted by Gasteiger charge is 1.91. The summed E-state index contributed by atoms with van der Waals surface area (Å²) in [5.41, 5.74) is 1.00. The van der Waals surface area contributed by atoms with Crippen LogP contribution in [0.1, 0.15) is 5.56 Å². The van der Waals surface area contributed by atoms with Crippen molar-refractivity contribution in [3.63, 3.8) is 0 Å². The van der Waals surface area contributed by atoms with Crippen molar-refractivity contribution in [2.24, 2.45) is 5.10 Å². The highest BCUT2D eigenvalue weighted by Crippen LogP contribution is 1.95. The van der Waals surface area contributed by atoms with Gasteiger partial charge < -0.3 is 4.74 Å². The lowest BCUT2D eigenvalue weighted by Gasteiger charge is -2.04. The summed E-state index contributed by atoms with van der Waals surface area (Å²) in [5.74, 6) is -0.401. The summed E-state index contributed by atoms with van der Waals surface area (Å²) >= 11 is 0. The second kappa shape index (κ2) is 6.40. The second-order valence-electron chi connectivity index (χ2n) is 3.07. The van der Waals surface area contributed by atoms with Crippen LogP contribution in [0.25, 0.3) is 0 Å². The number of esters is 1. The molecule has 0 aliphatic heterocycles. The van der Waals surface area contributed by atoms with Crippen molar-refractivity contribution in [3.8, 4) is 0 Å². The van der Waals surface area contributed by atoms with Crippen molar-refractivity contribution in [1.82, 2.24) is 5.01 Å². The Kier molecular flexibility index (Phi) is 4.79. The van der Waals surface area contributed by atoms with E-state index in [9.17, 15) is 4.79 Å². The predicted octanol–water partition coefficient (Wildman–Crippen LogP) is 1.64. The van der Waals surface area contributed by atoms with E-state index < -0.39 is 5.97 Å². The maximum absolute atomic E-state index is 10.8. The molecule has 0 unspecified atom stereocenters. The van der Waals surface area contributed by atoms with Crippen LogP contribution in [0.4, 0.5) is 0 Å². The summed E-state index contributed by atoms with van der Waals surface area (Å²) in [4.78, 5) is 10.8. The molecule has 0 saturated heterocycles. The fraction of sp³-hybridized carbons (Fsp3) is 0.167. The van der Waals surface area contributed by atoms with Crippen LogP contribution in [0.2, 0.25) is 0 Å². The Morgan fingerprint density at radius 1 is 1.38 bits per heavy atom. The number of carbonyl (C=O) groups excluding carboxylic acids is 1. The Balaban J connectivity index is 2.51. The third kappa shape index (κ3) is 4.41. The van der Waals surface area contributed by atoms with Crippen LogP contribution in [0.15, 0.2) is 47.7 Å². The standard InChI is InChI=1S/C12H14N2O2/c1-14(9-8-12(15)16-2)13-10-11-6-4-3-5-7-11/h3-10H,1-2H3. The first-order valence-electron chi connectivity index (χ1n) is 4.80. The molecule has 1 aromatic carbocycles. The number of hydrogen-bond donors (Lipinski definition) is 0. The van der Waals surface area contributed by atoms with E-state index in [0.29, 0.717) is 0 Å². The van der Waals surface area contributed by atoms with Crippen LogP contribution in [0, 0.1) is 0 Å². The van der Waals surface area contributed by atoms with Crippen molar-refractivity contribution < 1.29 is 9.53 Å². The molecule has 16 heavy (non-hydrogen) atoms. The molecule has 0 spiro atoms. The molecule has 0 N–H and O–H groups in total. The molecular weight excluding hydrogens is 204 g/mol. The average molecular weight is 218 g/mol. The highest BCUT2D eigenvalue weighted by atomic mass is 16.5. The smallest absolute Gasteiger partial charge is 0.332 e. The zero-order valence-electron chi connectivity index (χ0n) is 9.33. The van der Waals surface area contributed by atoms with E-state index in [-0.39, 0.29) is 0 Å². The van der Waals surface area contributed by atoms with Crippen LogP contribution in [0.5, 0.6) is 0 Å². The van der Waals surface area contributed by atoms with Gasteiger partial charge in [-0.15, -0.1) is 0 Å². The lowest BCUT2D eigenvalue weighted by atomic mass is 10.2. The Hall–Kier alpha value is -2.10. The number of hydrogen-bond acceptors (Lipinski definition) is 4. The molecule has 84 valence electrons. The first kappa shape index (κ1) is 12.0. The summed E-state index contributed by atoms with van der Waals surface area (Å²) in [6.07, 6.45) is 4.55. The lowest BCUT2D eigenvalue weighted by molar-refractivity contribution is -0.134. The summed E-state index contributed by atoms with van der Waals surface area (Å²) in [6, 6.07) is 9.71. The topological polar surface area (TPSA) is 41.9 Å². The van der Waals surface area contributed by atoms with Gasteiger partial charge >= 0.3 is 5.97 Å². The summed E-state index contributed by atoms with van der Waals surface area (Å²) in [7, 11) is 3.07. The number of benzene rings is 1. The van der Waals surface area contributed by atoms with Gasteiger partial charge in [-0.3, -0.25) is 5.01 Å². The van der Waals surface area contributed by atoms with Gasteiger partial charge in [0, 0.05) is 19.3 Å². The summed E-state index contributed by atoms with van der Waals surface area (Å²) in [6.45, 7) is 0. The Morgan fingerprint density at radius 3 is 2.69 bits per heavy atom. The first-order valence-corrected chi connectivity index (χ1v) is 4.80. The molecule has 0 fully saturated rings. The lowest BCUT2D eigenvalue weighted by Crippen LogP contribution is -2.04. The molecule has 4 nitrogen and oxygen atoms in total. The van der Waals surface area contributed by atoms with E-state index in [1.54, 1.807) is 13.3 Å². The number of nitrogens with zero attached hydrogens (tertiary/aromatic N) is 2. The van der Waals surface area contributed by atoms with Crippen LogP contribution < -0.4 is 0 Å². The van der Waals surface area contributed by atoms with Crippen molar-refractivity contribution in [1.29, 1.82) is 0 Å². The number of methoxy groups -OCH3 is 1. The van der Waals surface area contributed by atoms with Gasteiger partial charge in [0.15, 0.2) is 0 Å². The largest absolute Gasteiger partial charge is 0.466 e. The van der Waals surface area contributed by atoms with Gasteiger partial charge in [-0.25, -0.2) is 4.79 Å². The van der Waals surface area contributed by atoms with Gasteiger partial charge in [0.1, 0.15) is 0 Å². The summed E-state index contributed by atoms with van der Waals surface area (Å²) in [5, 5.41) is 5.65. The van der Waals surface area contributed by atoms with Gasteiger partial charge in [0.2, 0.25) is 0 Å². The minimum absolute atomic E-state index is 0.401. The molecule has 0 bridgehead atoms. The fourth-order valence-corrected chi connectivity index (χ4v) is 0.972. The van der Waals surface area contributed by atoms with Crippen molar-refractivity contribution in [3.05, 3.63) is 48.2 Å².